The molecular formula is C23H23NO5. The van der Waals surface area contributed by atoms with Gasteiger partial charge in [0.2, 0.25) is 11.7 Å². The number of Topliss-reactive ketones (excluding diaryl/α,β-unsaturated/α-hetero) is 1. The molecule has 3 aromatic rings. The van der Waals surface area contributed by atoms with Gasteiger partial charge in [0.05, 0.1) is 12.7 Å². The van der Waals surface area contributed by atoms with E-state index in [1.807, 2.05) is 26.0 Å². The van der Waals surface area contributed by atoms with Crippen LogP contribution in [-0.4, -0.2) is 23.8 Å². The third-order valence-corrected chi connectivity index (χ3v) is 4.84. The molecule has 0 fully saturated rings. The number of furan rings is 1. The van der Waals surface area contributed by atoms with Gasteiger partial charge in [-0.3, -0.25) is 14.4 Å². The molecule has 0 spiro atoms. The summed E-state index contributed by atoms with van der Waals surface area (Å²) in [6, 6.07) is 10.4. The number of esters is 1. The zero-order valence-corrected chi connectivity index (χ0v) is 16.9. The highest BCUT2D eigenvalue weighted by Gasteiger charge is 2.21. The van der Waals surface area contributed by atoms with E-state index in [9.17, 15) is 14.4 Å². The van der Waals surface area contributed by atoms with Crippen molar-refractivity contribution in [2.24, 2.45) is 0 Å². The number of ether oxygens (including phenoxy) is 1. The van der Waals surface area contributed by atoms with E-state index in [0.29, 0.717) is 11.3 Å². The quantitative estimate of drug-likeness (QED) is 0.497. The highest BCUT2D eigenvalue weighted by molar-refractivity contribution is 6.01. The fourth-order valence-electron chi connectivity index (χ4n) is 3.13. The van der Waals surface area contributed by atoms with E-state index >= 15 is 0 Å². The molecule has 1 aromatic heterocycles. The average Bonchev–Trinajstić information content (AvgIpc) is 3.07. The molecule has 0 radical (unpaired) electrons. The van der Waals surface area contributed by atoms with E-state index in [0.717, 1.165) is 27.7 Å². The fourth-order valence-corrected chi connectivity index (χ4v) is 3.13. The van der Waals surface area contributed by atoms with Crippen molar-refractivity contribution in [2.45, 2.75) is 40.2 Å². The van der Waals surface area contributed by atoms with Gasteiger partial charge in [0.25, 0.3) is 0 Å². The fraction of sp³-hybridized carbons (Fsp3) is 0.261. The molecule has 2 aromatic carbocycles. The van der Waals surface area contributed by atoms with Crippen LogP contribution in [0.15, 0.2) is 47.1 Å². The van der Waals surface area contributed by atoms with Gasteiger partial charge >= 0.3 is 5.97 Å². The van der Waals surface area contributed by atoms with E-state index in [4.69, 9.17) is 9.15 Å². The van der Waals surface area contributed by atoms with Crippen molar-refractivity contribution < 1.29 is 23.5 Å². The van der Waals surface area contributed by atoms with Gasteiger partial charge in [-0.15, -0.1) is 0 Å². The summed E-state index contributed by atoms with van der Waals surface area (Å²) in [4.78, 5) is 36.0. The number of anilines is 1. The third-order valence-electron chi connectivity index (χ3n) is 4.84. The summed E-state index contributed by atoms with van der Waals surface area (Å²) < 4.78 is 11.0. The van der Waals surface area contributed by atoms with Crippen LogP contribution in [0.3, 0.4) is 0 Å². The Bertz CT molecular complexity index is 1080. The Balaban J connectivity index is 1.65. The normalized spacial score (nSPS) is 11.9. The Morgan fingerprint density at radius 2 is 1.76 bits per heavy atom. The van der Waals surface area contributed by atoms with Crippen molar-refractivity contribution in [2.75, 3.05) is 5.32 Å². The summed E-state index contributed by atoms with van der Waals surface area (Å²) in [6.45, 7) is 6.93. The first kappa shape index (κ1) is 20.3. The van der Waals surface area contributed by atoms with E-state index in [1.54, 1.807) is 37.5 Å². The second kappa shape index (κ2) is 8.31. The van der Waals surface area contributed by atoms with Gasteiger partial charge in [-0.05, 0) is 56.2 Å². The van der Waals surface area contributed by atoms with Crippen LogP contribution in [0.5, 0.6) is 0 Å². The zero-order valence-electron chi connectivity index (χ0n) is 16.9. The van der Waals surface area contributed by atoms with Gasteiger partial charge in [-0.2, -0.15) is 0 Å². The van der Waals surface area contributed by atoms with Gasteiger partial charge in [0, 0.05) is 29.1 Å². The Kier molecular flexibility index (Phi) is 5.82. The molecule has 0 aliphatic rings. The molecule has 1 amide bonds. The average molecular weight is 393 g/mol. The second-order valence-corrected chi connectivity index (χ2v) is 7.08. The van der Waals surface area contributed by atoms with Crippen LogP contribution in [0.2, 0.25) is 0 Å². The minimum atomic E-state index is -0.920. The number of carbonyl (C=O) groups is 3. The van der Waals surface area contributed by atoms with E-state index in [-0.39, 0.29) is 18.1 Å². The standard InChI is InChI=1S/C23H23NO5/c1-13-5-10-20-18(12-28-23(20)14(13)2)11-21(26)29-15(3)22(27)17-6-8-19(9-7-17)24-16(4)25/h5-10,12,15H,11H2,1-4H3,(H,24,25)/t15-/m1/s1. The van der Waals surface area contributed by atoms with Crippen LogP contribution < -0.4 is 5.32 Å². The smallest absolute Gasteiger partial charge is 0.311 e. The third kappa shape index (κ3) is 4.54. The molecule has 6 nitrogen and oxygen atoms in total. The minimum Gasteiger partial charge on any atom is -0.464 e. The number of aryl methyl sites for hydroxylation is 2. The number of hydrogen-bond acceptors (Lipinski definition) is 5. The molecule has 0 saturated carbocycles. The molecule has 0 aliphatic carbocycles. The Hall–Kier alpha value is -3.41. The van der Waals surface area contributed by atoms with Crippen molar-refractivity contribution in [3.63, 3.8) is 0 Å². The molecule has 3 rings (SSSR count). The van der Waals surface area contributed by atoms with Gasteiger partial charge in [-0.1, -0.05) is 12.1 Å². The lowest BCUT2D eigenvalue weighted by atomic mass is 10.0. The van der Waals surface area contributed by atoms with Gasteiger partial charge < -0.3 is 14.5 Å². The lowest BCUT2D eigenvalue weighted by molar-refractivity contribution is -0.145. The van der Waals surface area contributed by atoms with Crippen molar-refractivity contribution in [3.05, 3.63) is 64.9 Å². The van der Waals surface area contributed by atoms with Crippen LogP contribution in [-0.2, 0) is 20.7 Å². The molecule has 1 atom stereocenters. The topological polar surface area (TPSA) is 85.6 Å². The van der Waals surface area contributed by atoms with Gasteiger partial charge in [0.1, 0.15) is 5.58 Å². The number of ketones is 1. The first-order chi connectivity index (χ1) is 13.8. The number of benzene rings is 2. The number of hydrogen-bond donors (Lipinski definition) is 1. The van der Waals surface area contributed by atoms with Crippen molar-refractivity contribution in [1.29, 1.82) is 0 Å². The first-order valence-electron chi connectivity index (χ1n) is 9.34. The molecule has 1 heterocycles. The van der Waals surface area contributed by atoms with Crippen molar-refractivity contribution in [1.82, 2.24) is 0 Å². The maximum Gasteiger partial charge on any atom is 0.311 e. The number of rotatable bonds is 6. The maximum absolute atomic E-state index is 12.5. The summed E-state index contributed by atoms with van der Waals surface area (Å²) in [6.07, 6.45) is 0.663. The number of amides is 1. The molecule has 6 heteroatoms. The summed E-state index contributed by atoms with van der Waals surface area (Å²) in [5.41, 5.74) is 4.64. The van der Waals surface area contributed by atoms with E-state index < -0.39 is 12.1 Å². The molecule has 0 aliphatic heterocycles. The van der Waals surface area contributed by atoms with Gasteiger partial charge in [-0.25, -0.2) is 0 Å². The van der Waals surface area contributed by atoms with Crippen molar-refractivity contribution in [3.8, 4) is 0 Å². The lowest BCUT2D eigenvalue weighted by Crippen LogP contribution is -2.25. The van der Waals surface area contributed by atoms with Crippen LogP contribution in [0, 0.1) is 13.8 Å². The summed E-state index contributed by atoms with van der Waals surface area (Å²) >= 11 is 0. The Morgan fingerprint density at radius 1 is 1.07 bits per heavy atom. The molecule has 1 N–H and O–H groups in total. The van der Waals surface area contributed by atoms with E-state index in [1.165, 1.54) is 6.92 Å². The Morgan fingerprint density at radius 3 is 2.41 bits per heavy atom. The molecule has 0 unspecified atom stereocenters. The Labute approximate surface area is 168 Å². The first-order valence-corrected chi connectivity index (χ1v) is 9.34. The predicted octanol–water partition coefficient (Wildman–Crippen LogP) is 4.37. The number of fused-ring (bicyclic) bond motifs is 1. The molecule has 0 saturated heterocycles. The lowest BCUT2D eigenvalue weighted by Gasteiger charge is -2.12. The van der Waals surface area contributed by atoms with Gasteiger partial charge in [0.15, 0.2) is 6.10 Å². The van der Waals surface area contributed by atoms with E-state index in [2.05, 4.69) is 5.32 Å². The number of nitrogens with one attached hydrogen (secondary N) is 1. The van der Waals surface area contributed by atoms with Crippen LogP contribution >= 0.6 is 0 Å². The highest BCUT2D eigenvalue weighted by atomic mass is 16.5. The molecular weight excluding hydrogens is 370 g/mol. The largest absolute Gasteiger partial charge is 0.464 e. The summed E-state index contributed by atoms with van der Waals surface area (Å²) in [5.74, 6) is -0.999. The monoisotopic (exact) mass is 393 g/mol. The summed E-state index contributed by atoms with van der Waals surface area (Å²) in [5, 5.41) is 3.51. The molecule has 150 valence electrons. The maximum atomic E-state index is 12.5. The minimum absolute atomic E-state index is 0.0224. The predicted molar refractivity (Wildman–Crippen MR) is 110 cm³/mol. The van der Waals surface area contributed by atoms with Crippen LogP contribution in [0.1, 0.15) is 40.9 Å². The highest BCUT2D eigenvalue weighted by Crippen LogP contribution is 2.27. The summed E-state index contributed by atoms with van der Waals surface area (Å²) in [7, 11) is 0. The number of carbonyl (C=O) groups excluding carboxylic acids is 3. The second-order valence-electron chi connectivity index (χ2n) is 7.08. The molecule has 0 bridgehead atoms. The van der Waals surface area contributed by atoms with Crippen LogP contribution in [0.25, 0.3) is 11.0 Å². The van der Waals surface area contributed by atoms with Crippen LogP contribution in [0.4, 0.5) is 5.69 Å². The molecule has 29 heavy (non-hydrogen) atoms. The zero-order chi connectivity index (χ0) is 21.1. The SMILES string of the molecule is CC(=O)Nc1ccc(C(=O)[C@@H](C)OC(=O)Cc2coc3c(C)c(C)ccc23)cc1. The van der Waals surface area contributed by atoms with Crippen molar-refractivity contribution >= 4 is 34.3 Å².